The van der Waals surface area contributed by atoms with Crippen molar-refractivity contribution >= 4 is 16.9 Å². The van der Waals surface area contributed by atoms with Crippen molar-refractivity contribution in [3.05, 3.63) is 108 Å². The fraction of sp³-hybridized carbons (Fsp3) is 0.167. The first kappa shape index (κ1) is 29.4. The van der Waals surface area contributed by atoms with Crippen molar-refractivity contribution in [1.82, 2.24) is 0 Å². The summed E-state index contributed by atoms with van der Waals surface area (Å²) < 4.78 is 52.9. The third kappa shape index (κ3) is 7.94. The van der Waals surface area contributed by atoms with Crippen LogP contribution in [0.2, 0.25) is 0 Å². The van der Waals surface area contributed by atoms with Crippen LogP contribution in [-0.2, 0) is 17.1 Å². The van der Waals surface area contributed by atoms with E-state index in [2.05, 4.69) is 36.4 Å². The number of methoxy groups -OCH3 is 3. The quantitative estimate of drug-likeness (QED) is 0.254. The van der Waals surface area contributed by atoms with Crippen LogP contribution in [0.15, 0.2) is 106 Å². The zero-order chi connectivity index (χ0) is 28.6. The summed E-state index contributed by atoms with van der Waals surface area (Å²) in [6, 6.07) is 27.2. The van der Waals surface area contributed by atoms with Gasteiger partial charge >= 0.3 is 6.18 Å². The van der Waals surface area contributed by atoms with Gasteiger partial charge < -0.3 is 24.1 Å². The Bertz CT molecular complexity index is 1310. The molecule has 4 aromatic carbocycles. The Labute approximate surface area is 228 Å². The van der Waals surface area contributed by atoms with Gasteiger partial charge in [-0.2, -0.15) is 13.2 Å². The average Bonchev–Trinajstić information content (AvgIpc) is 2.93. The molecule has 0 aliphatic rings. The molecule has 0 saturated carbocycles. The maximum Gasteiger partial charge on any atom is 0.416 e. The van der Waals surface area contributed by atoms with E-state index >= 15 is 0 Å². The summed E-state index contributed by atoms with van der Waals surface area (Å²) in [6.07, 6.45) is -4.53. The predicted octanol–water partition coefficient (Wildman–Crippen LogP) is 6.19. The molecular formula is C30H27F3O5S. The van der Waals surface area contributed by atoms with Gasteiger partial charge in [-0.15, -0.1) is 0 Å². The number of hydrogen-bond acceptors (Lipinski definition) is 5. The van der Waals surface area contributed by atoms with E-state index in [0.717, 1.165) is 29.4 Å². The molecule has 4 rings (SSSR count). The number of carbonyl (C=O) groups is 1. The van der Waals surface area contributed by atoms with Crippen molar-refractivity contribution in [3.63, 3.8) is 0 Å². The van der Waals surface area contributed by atoms with Gasteiger partial charge in [-0.05, 0) is 66.6 Å². The highest BCUT2D eigenvalue weighted by molar-refractivity contribution is 7.97. The molecule has 204 valence electrons. The number of alkyl halides is 3. The van der Waals surface area contributed by atoms with Crippen LogP contribution in [0.3, 0.4) is 0 Å². The van der Waals surface area contributed by atoms with E-state index in [1.165, 1.54) is 21.6 Å². The zero-order valence-corrected chi connectivity index (χ0v) is 22.6. The van der Waals surface area contributed by atoms with E-state index in [0.29, 0.717) is 6.07 Å². The minimum Gasteiger partial charge on any atom is -0.545 e. The minimum atomic E-state index is -4.53. The van der Waals surface area contributed by atoms with Gasteiger partial charge in [0.15, 0.2) is 14.7 Å². The summed E-state index contributed by atoms with van der Waals surface area (Å²) >= 11 is 0. The maximum atomic E-state index is 12.2. The van der Waals surface area contributed by atoms with Crippen molar-refractivity contribution in [2.24, 2.45) is 0 Å². The summed E-state index contributed by atoms with van der Waals surface area (Å²) in [5.74, 6) is 0.932. The number of hydrogen-bond donors (Lipinski definition) is 0. The van der Waals surface area contributed by atoms with Crippen molar-refractivity contribution in [2.45, 2.75) is 27.8 Å². The number of halogens is 3. The second-order valence-corrected chi connectivity index (χ2v) is 10.2. The fourth-order valence-electron chi connectivity index (χ4n) is 3.66. The standard InChI is InChI=1S/C21H21O3S.C9H7F3O2/c1-22-16-7-4-10-19(13-16)25(20-11-5-8-17(14-20)23-2)21-12-6-9-18(15-21)24-3;1-5-2-6(8(13)14)4-7(3-5)9(10,11)12/h4-15H,1-3H3;2-4H,1H3,(H,13,14)/q+1;/p-1. The molecule has 5 nitrogen and oxygen atoms in total. The van der Waals surface area contributed by atoms with Crippen LogP contribution in [0.25, 0.3) is 0 Å². The predicted molar refractivity (Wildman–Crippen MR) is 142 cm³/mol. The van der Waals surface area contributed by atoms with Gasteiger partial charge in [-0.1, -0.05) is 24.3 Å². The molecule has 0 aromatic heterocycles. The van der Waals surface area contributed by atoms with E-state index in [-0.39, 0.29) is 16.5 Å². The summed E-state index contributed by atoms with van der Waals surface area (Å²) in [7, 11) is 4.78. The number of benzene rings is 4. The number of aryl methyl sites for hydroxylation is 1. The average molecular weight is 557 g/mol. The second-order valence-electron chi connectivity index (χ2n) is 8.22. The summed E-state index contributed by atoms with van der Waals surface area (Å²) in [6.45, 7) is 1.39. The molecule has 0 heterocycles. The van der Waals surface area contributed by atoms with Crippen LogP contribution in [-0.4, -0.2) is 27.3 Å². The van der Waals surface area contributed by atoms with Crippen LogP contribution in [0.5, 0.6) is 17.2 Å². The molecule has 0 spiro atoms. The summed E-state index contributed by atoms with van der Waals surface area (Å²) in [5, 5.41) is 10.4. The van der Waals surface area contributed by atoms with Crippen LogP contribution >= 0.6 is 0 Å². The zero-order valence-electron chi connectivity index (χ0n) is 21.7. The first-order valence-corrected chi connectivity index (χ1v) is 12.8. The van der Waals surface area contributed by atoms with Gasteiger partial charge in [0, 0.05) is 18.2 Å². The number of ether oxygens (including phenoxy) is 3. The number of aromatic carboxylic acids is 1. The minimum absolute atomic E-state index is 0.235. The Morgan fingerprint density at radius 1 is 0.692 bits per heavy atom. The number of carboxylic acids is 1. The molecule has 0 N–H and O–H groups in total. The van der Waals surface area contributed by atoms with Crippen LogP contribution in [0.4, 0.5) is 13.2 Å². The smallest absolute Gasteiger partial charge is 0.416 e. The van der Waals surface area contributed by atoms with E-state index in [9.17, 15) is 23.1 Å². The Morgan fingerprint density at radius 3 is 1.44 bits per heavy atom. The van der Waals surface area contributed by atoms with E-state index < -0.39 is 23.3 Å². The SMILES string of the molecule is COc1cccc([S+](c2cccc(OC)c2)c2cccc(OC)c2)c1.Cc1cc(C(=O)[O-])cc(C(F)(F)F)c1. The molecule has 39 heavy (non-hydrogen) atoms. The van der Waals surface area contributed by atoms with Gasteiger partial charge in [0.25, 0.3) is 0 Å². The monoisotopic (exact) mass is 556 g/mol. The normalized spacial score (nSPS) is 10.9. The lowest BCUT2D eigenvalue weighted by Gasteiger charge is -2.11. The number of rotatable bonds is 7. The summed E-state index contributed by atoms with van der Waals surface area (Å²) in [4.78, 5) is 13.9. The molecular weight excluding hydrogens is 529 g/mol. The van der Waals surface area contributed by atoms with Crippen LogP contribution < -0.4 is 19.3 Å². The van der Waals surface area contributed by atoms with Gasteiger partial charge in [0.2, 0.25) is 0 Å². The van der Waals surface area contributed by atoms with Crippen molar-refractivity contribution in [3.8, 4) is 17.2 Å². The molecule has 0 bridgehead atoms. The summed E-state index contributed by atoms with van der Waals surface area (Å²) in [5.41, 5.74) is -1.20. The highest BCUT2D eigenvalue weighted by Crippen LogP contribution is 2.35. The van der Waals surface area contributed by atoms with Gasteiger partial charge in [-0.3, -0.25) is 0 Å². The highest BCUT2D eigenvalue weighted by Gasteiger charge is 2.31. The van der Waals surface area contributed by atoms with Gasteiger partial charge in [0.1, 0.15) is 17.2 Å². The van der Waals surface area contributed by atoms with Crippen LogP contribution in [0.1, 0.15) is 21.5 Å². The molecule has 0 amide bonds. The molecule has 0 aliphatic carbocycles. The highest BCUT2D eigenvalue weighted by atomic mass is 32.2. The van der Waals surface area contributed by atoms with Gasteiger partial charge in [-0.25, -0.2) is 0 Å². The number of carbonyl (C=O) groups excluding carboxylic acids is 1. The first-order valence-electron chi connectivity index (χ1n) is 11.6. The fourth-order valence-corrected chi connectivity index (χ4v) is 5.82. The third-order valence-electron chi connectivity index (χ3n) is 5.47. The van der Waals surface area contributed by atoms with Crippen molar-refractivity contribution in [1.29, 1.82) is 0 Å². The van der Waals surface area contributed by atoms with Crippen molar-refractivity contribution in [2.75, 3.05) is 21.3 Å². The molecule has 0 atom stereocenters. The Kier molecular flexibility index (Phi) is 9.89. The third-order valence-corrected chi connectivity index (χ3v) is 7.65. The first-order chi connectivity index (χ1) is 18.5. The van der Waals surface area contributed by atoms with Gasteiger partial charge in [0.05, 0.1) is 43.8 Å². The lowest BCUT2D eigenvalue weighted by Crippen LogP contribution is -2.23. The molecule has 0 aliphatic heterocycles. The largest absolute Gasteiger partial charge is 0.545 e. The molecule has 9 heteroatoms. The molecule has 0 saturated heterocycles. The van der Waals surface area contributed by atoms with Crippen molar-refractivity contribution < 1.29 is 37.3 Å². The molecule has 0 fully saturated rings. The lowest BCUT2D eigenvalue weighted by atomic mass is 10.1. The Morgan fingerprint density at radius 2 is 1.10 bits per heavy atom. The maximum absolute atomic E-state index is 12.2. The molecule has 4 aromatic rings. The van der Waals surface area contributed by atoms with E-state index in [1.807, 2.05) is 36.4 Å². The molecule has 0 unspecified atom stereocenters. The van der Waals surface area contributed by atoms with E-state index in [1.54, 1.807) is 21.3 Å². The number of carboxylic acid groups (broad SMARTS) is 1. The Balaban J connectivity index is 0.000000255. The topological polar surface area (TPSA) is 67.8 Å². The van der Waals surface area contributed by atoms with E-state index in [4.69, 9.17) is 14.2 Å². The van der Waals surface area contributed by atoms with Crippen LogP contribution in [0, 0.1) is 6.92 Å². The Hall–Kier alpha value is -4.11. The lowest BCUT2D eigenvalue weighted by molar-refractivity contribution is -0.255. The molecule has 0 radical (unpaired) electrons. The second kappa shape index (κ2) is 13.1.